The highest BCUT2D eigenvalue weighted by Crippen LogP contribution is 2.21. The first-order valence-corrected chi connectivity index (χ1v) is 7.56. The molecule has 1 aromatic carbocycles. The number of methoxy groups -OCH3 is 1. The number of benzene rings is 1. The van der Waals surface area contributed by atoms with Crippen LogP contribution in [0.4, 0.5) is 5.95 Å². The highest BCUT2D eigenvalue weighted by Gasteiger charge is 2.10. The molecule has 0 aliphatic rings. The van der Waals surface area contributed by atoms with Gasteiger partial charge in [-0.2, -0.15) is 0 Å². The largest absolute Gasteiger partial charge is 0.497 e. The zero-order chi connectivity index (χ0) is 16.9. The predicted octanol–water partition coefficient (Wildman–Crippen LogP) is 2.76. The Hall–Kier alpha value is -3.15. The molecule has 0 amide bonds. The first-order chi connectivity index (χ1) is 11.7. The zero-order valence-electron chi connectivity index (χ0n) is 13.5. The molecule has 0 spiro atoms. The van der Waals surface area contributed by atoms with Gasteiger partial charge >= 0.3 is 0 Å². The normalized spacial score (nSPS) is 10.4. The molecule has 0 radical (unpaired) electrons. The van der Waals surface area contributed by atoms with Crippen LogP contribution in [0.1, 0.15) is 11.4 Å². The van der Waals surface area contributed by atoms with Crippen molar-refractivity contribution < 1.29 is 4.74 Å². The van der Waals surface area contributed by atoms with Crippen LogP contribution in [0, 0.1) is 6.92 Å². The summed E-state index contributed by atoms with van der Waals surface area (Å²) in [5.41, 5.74) is 2.71. The fourth-order valence-electron chi connectivity index (χ4n) is 2.44. The molecule has 0 aliphatic heterocycles. The van der Waals surface area contributed by atoms with Crippen molar-refractivity contribution in [2.24, 2.45) is 0 Å². The number of rotatable bonds is 5. The quantitative estimate of drug-likeness (QED) is 0.755. The Balaban J connectivity index is 1.84. The predicted molar refractivity (Wildman–Crippen MR) is 93.1 cm³/mol. The fourth-order valence-corrected chi connectivity index (χ4v) is 2.44. The van der Waals surface area contributed by atoms with Crippen LogP contribution >= 0.6 is 0 Å². The van der Waals surface area contributed by atoms with Crippen LogP contribution in [0.25, 0.3) is 11.1 Å². The lowest BCUT2D eigenvalue weighted by Crippen LogP contribution is -2.17. The Kier molecular flexibility index (Phi) is 4.56. The van der Waals surface area contributed by atoms with Crippen molar-refractivity contribution in [1.82, 2.24) is 15.0 Å². The SMILES string of the molecule is COc1ccc(-c2c(C)nc(NCc3ccccn3)[nH]c2=O)cc1. The average molecular weight is 322 g/mol. The van der Waals surface area contributed by atoms with Gasteiger partial charge in [-0.3, -0.25) is 14.8 Å². The number of aromatic amines is 1. The van der Waals surface area contributed by atoms with Gasteiger partial charge in [-0.05, 0) is 36.8 Å². The van der Waals surface area contributed by atoms with E-state index in [1.54, 1.807) is 13.3 Å². The number of aromatic nitrogens is 3. The maximum atomic E-state index is 12.4. The number of nitrogens with zero attached hydrogens (tertiary/aromatic N) is 2. The van der Waals surface area contributed by atoms with Crippen molar-refractivity contribution in [3.05, 3.63) is 70.4 Å². The number of anilines is 1. The van der Waals surface area contributed by atoms with E-state index in [4.69, 9.17) is 4.74 Å². The summed E-state index contributed by atoms with van der Waals surface area (Å²) in [6.45, 7) is 2.31. The van der Waals surface area contributed by atoms with Gasteiger partial charge in [-0.1, -0.05) is 18.2 Å². The van der Waals surface area contributed by atoms with E-state index >= 15 is 0 Å². The molecule has 24 heavy (non-hydrogen) atoms. The van der Waals surface area contributed by atoms with Gasteiger partial charge in [0.15, 0.2) is 0 Å². The first kappa shape index (κ1) is 15.7. The van der Waals surface area contributed by atoms with Crippen molar-refractivity contribution in [3.8, 4) is 16.9 Å². The molecular weight excluding hydrogens is 304 g/mol. The van der Waals surface area contributed by atoms with Crippen LogP contribution in [0.3, 0.4) is 0 Å². The number of ether oxygens (including phenoxy) is 1. The van der Waals surface area contributed by atoms with E-state index in [-0.39, 0.29) is 5.56 Å². The van der Waals surface area contributed by atoms with Gasteiger partial charge in [-0.15, -0.1) is 0 Å². The maximum absolute atomic E-state index is 12.4. The van der Waals surface area contributed by atoms with Gasteiger partial charge in [0.25, 0.3) is 5.56 Å². The molecule has 0 bridgehead atoms. The summed E-state index contributed by atoms with van der Waals surface area (Å²) in [6.07, 6.45) is 1.73. The molecule has 3 aromatic rings. The van der Waals surface area contributed by atoms with Crippen molar-refractivity contribution >= 4 is 5.95 Å². The average Bonchev–Trinajstić information content (AvgIpc) is 2.61. The second kappa shape index (κ2) is 6.95. The molecule has 3 rings (SSSR count). The lowest BCUT2D eigenvalue weighted by atomic mass is 10.1. The summed E-state index contributed by atoms with van der Waals surface area (Å²) in [7, 11) is 1.61. The third kappa shape index (κ3) is 3.43. The smallest absolute Gasteiger partial charge is 0.260 e. The third-order valence-electron chi connectivity index (χ3n) is 3.64. The molecule has 0 fully saturated rings. The molecule has 2 aromatic heterocycles. The molecule has 6 heteroatoms. The Morgan fingerprint density at radius 2 is 1.96 bits per heavy atom. The minimum Gasteiger partial charge on any atom is -0.497 e. The lowest BCUT2D eigenvalue weighted by molar-refractivity contribution is 0.415. The molecule has 0 saturated heterocycles. The molecule has 0 saturated carbocycles. The molecule has 6 nitrogen and oxygen atoms in total. The number of hydrogen-bond acceptors (Lipinski definition) is 5. The number of nitrogens with one attached hydrogen (secondary N) is 2. The van der Waals surface area contributed by atoms with Crippen LogP contribution in [0.15, 0.2) is 53.5 Å². The topological polar surface area (TPSA) is 79.9 Å². The summed E-state index contributed by atoms with van der Waals surface area (Å²) in [5, 5.41) is 3.09. The van der Waals surface area contributed by atoms with Crippen LogP contribution in [-0.4, -0.2) is 22.1 Å². The molecule has 0 unspecified atom stereocenters. The molecular formula is C18H18N4O2. The van der Waals surface area contributed by atoms with Crippen LogP contribution in [0.2, 0.25) is 0 Å². The number of aryl methyl sites for hydroxylation is 1. The van der Waals surface area contributed by atoms with Crippen molar-refractivity contribution in [1.29, 1.82) is 0 Å². The fraction of sp³-hybridized carbons (Fsp3) is 0.167. The van der Waals surface area contributed by atoms with E-state index in [0.717, 1.165) is 17.0 Å². The highest BCUT2D eigenvalue weighted by molar-refractivity contribution is 5.66. The second-order valence-electron chi connectivity index (χ2n) is 5.28. The van der Waals surface area contributed by atoms with Gasteiger partial charge in [0.05, 0.1) is 30.6 Å². The van der Waals surface area contributed by atoms with E-state index in [1.807, 2.05) is 49.4 Å². The lowest BCUT2D eigenvalue weighted by Gasteiger charge is -2.09. The van der Waals surface area contributed by atoms with E-state index < -0.39 is 0 Å². The third-order valence-corrected chi connectivity index (χ3v) is 3.64. The molecule has 0 atom stereocenters. The minimum atomic E-state index is -0.184. The molecule has 2 N–H and O–H groups in total. The number of H-pyrrole nitrogens is 1. The summed E-state index contributed by atoms with van der Waals surface area (Å²) in [4.78, 5) is 23.9. The van der Waals surface area contributed by atoms with Gasteiger partial charge in [0.1, 0.15) is 5.75 Å². The summed E-state index contributed by atoms with van der Waals surface area (Å²) in [5.74, 6) is 1.18. The van der Waals surface area contributed by atoms with E-state index in [2.05, 4.69) is 20.3 Å². The number of hydrogen-bond donors (Lipinski definition) is 2. The Labute approximate surface area is 139 Å². The summed E-state index contributed by atoms with van der Waals surface area (Å²) in [6, 6.07) is 13.0. The second-order valence-corrected chi connectivity index (χ2v) is 5.28. The van der Waals surface area contributed by atoms with Crippen LogP contribution in [0.5, 0.6) is 5.75 Å². The van der Waals surface area contributed by atoms with Gasteiger partial charge in [0, 0.05) is 6.20 Å². The maximum Gasteiger partial charge on any atom is 0.260 e. The van der Waals surface area contributed by atoms with Crippen molar-refractivity contribution in [3.63, 3.8) is 0 Å². The summed E-state index contributed by atoms with van der Waals surface area (Å²) < 4.78 is 5.14. The Morgan fingerprint density at radius 1 is 1.17 bits per heavy atom. The van der Waals surface area contributed by atoms with Crippen LogP contribution < -0.4 is 15.6 Å². The monoisotopic (exact) mass is 322 g/mol. The molecule has 2 heterocycles. The zero-order valence-corrected chi connectivity index (χ0v) is 13.5. The van der Waals surface area contributed by atoms with Crippen molar-refractivity contribution in [2.45, 2.75) is 13.5 Å². The molecule has 122 valence electrons. The Morgan fingerprint density at radius 3 is 2.58 bits per heavy atom. The van der Waals surface area contributed by atoms with Gasteiger partial charge < -0.3 is 10.1 Å². The molecule has 0 aliphatic carbocycles. The first-order valence-electron chi connectivity index (χ1n) is 7.56. The number of pyridine rings is 1. The van der Waals surface area contributed by atoms with Crippen molar-refractivity contribution in [2.75, 3.05) is 12.4 Å². The standard InChI is InChI=1S/C18H18N4O2/c1-12-16(13-6-8-15(24-2)9-7-13)17(23)22-18(21-12)20-11-14-5-3-4-10-19-14/h3-10H,11H2,1-2H3,(H2,20,21,22,23). The minimum absolute atomic E-state index is 0.184. The highest BCUT2D eigenvalue weighted by atomic mass is 16.5. The van der Waals surface area contributed by atoms with Gasteiger partial charge in [0.2, 0.25) is 5.95 Å². The summed E-state index contributed by atoms with van der Waals surface area (Å²) >= 11 is 0. The van der Waals surface area contributed by atoms with E-state index in [0.29, 0.717) is 23.8 Å². The van der Waals surface area contributed by atoms with E-state index in [1.165, 1.54) is 0 Å². The Bertz CT molecular complexity index is 874. The van der Waals surface area contributed by atoms with Crippen LogP contribution in [-0.2, 0) is 6.54 Å². The van der Waals surface area contributed by atoms with E-state index in [9.17, 15) is 4.79 Å². The van der Waals surface area contributed by atoms with Gasteiger partial charge in [-0.25, -0.2) is 4.98 Å².